The summed E-state index contributed by atoms with van der Waals surface area (Å²) in [5.74, 6) is 1.49. The second kappa shape index (κ2) is 4.81. The molecule has 2 N–H and O–H groups in total. The first-order chi connectivity index (χ1) is 9.36. The van der Waals surface area contributed by atoms with Crippen molar-refractivity contribution in [2.24, 2.45) is 22.7 Å². The van der Waals surface area contributed by atoms with Crippen molar-refractivity contribution in [3.05, 3.63) is 0 Å². The Morgan fingerprint density at radius 2 is 1.75 bits per heavy atom. The Bertz CT molecular complexity index is 407. The second-order valence-corrected chi connectivity index (χ2v) is 8.00. The maximum atomic E-state index is 12.1. The molecule has 3 aliphatic carbocycles. The van der Waals surface area contributed by atoms with E-state index in [0.717, 1.165) is 44.9 Å². The summed E-state index contributed by atoms with van der Waals surface area (Å²) < 4.78 is 0. The highest BCUT2D eigenvalue weighted by atomic mass is 16.3. The largest absolute Gasteiger partial charge is 0.393 e. The molecule has 3 rings (SSSR count). The predicted molar refractivity (Wildman–Crippen MR) is 77.2 cm³/mol. The molecule has 0 aliphatic heterocycles. The molecule has 20 heavy (non-hydrogen) atoms. The number of aliphatic hydroxyl groups is 2. The monoisotopic (exact) mass is 280 g/mol. The summed E-state index contributed by atoms with van der Waals surface area (Å²) in [6.07, 6.45) is 6.46. The van der Waals surface area contributed by atoms with Gasteiger partial charge in [0.05, 0.1) is 12.2 Å². The van der Waals surface area contributed by atoms with Crippen LogP contribution in [0.15, 0.2) is 0 Å². The molecule has 0 aromatic carbocycles. The number of fused-ring (bicyclic) bond motifs is 1. The van der Waals surface area contributed by atoms with Crippen LogP contribution in [-0.2, 0) is 4.79 Å². The quantitative estimate of drug-likeness (QED) is 0.776. The molecule has 0 amide bonds. The lowest BCUT2D eigenvalue weighted by atomic mass is 9.55. The van der Waals surface area contributed by atoms with Crippen LogP contribution in [0.25, 0.3) is 0 Å². The van der Waals surface area contributed by atoms with Crippen LogP contribution in [0.5, 0.6) is 0 Å². The average Bonchev–Trinajstić information content (AvgIpc) is 2.70. The fourth-order valence-corrected chi connectivity index (χ4v) is 5.16. The van der Waals surface area contributed by atoms with Crippen molar-refractivity contribution in [3.8, 4) is 0 Å². The highest BCUT2D eigenvalue weighted by molar-refractivity contribution is 5.87. The number of Topliss-reactive ketones (excluding diaryl/α,β-unsaturated/α-hetero) is 1. The van der Waals surface area contributed by atoms with E-state index >= 15 is 0 Å². The lowest BCUT2D eigenvalue weighted by molar-refractivity contribution is -0.132. The van der Waals surface area contributed by atoms with Crippen molar-refractivity contribution in [3.63, 3.8) is 0 Å². The van der Waals surface area contributed by atoms with E-state index in [2.05, 4.69) is 13.8 Å². The lowest BCUT2D eigenvalue weighted by Gasteiger charge is -2.51. The van der Waals surface area contributed by atoms with Crippen LogP contribution >= 0.6 is 0 Å². The Balaban J connectivity index is 1.75. The molecule has 3 fully saturated rings. The van der Waals surface area contributed by atoms with Gasteiger partial charge >= 0.3 is 0 Å². The molecule has 3 nitrogen and oxygen atoms in total. The van der Waals surface area contributed by atoms with E-state index in [1.807, 2.05) is 0 Å². The zero-order chi connectivity index (χ0) is 14.5. The first kappa shape index (κ1) is 14.5. The molecule has 0 radical (unpaired) electrons. The zero-order valence-electron chi connectivity index (χ0n) is 12.8. The molecular weight excluding hydrogens is 252 g/mol. The van der Waals surface area contributed by atoms with Gasteiger partial charge in [0.15, 0.2) is 0 Å². The molecule has 0 bridgehead atoms. The van der Waals surface area contributed by atoms with Gasteiger partial charge in [-0.1, -0.05) is 13.8 Å². The van der Waals surface area contributed by atoms with Crippen molar-refractivity contribution in [1.82, 2.24) is 0 Å². The molecule has 0 heterocycles. The highest BCUT2D eigenvalue weighted by Crippen LogP contribution is 2.57. The van der Waals surface area contributed by atoms with Crippen LogP contribution < -0.4 is 0 Å². The summed E-state index contributed by atoms with van der Waals surface area (Å²) in [5.41, 5.74) is -0.141. The maximum absolute atomic E-state index is 12.1. The van der Waals surface area contributed by atoms with Gasteiger partial charge in [-0.15, -0.1) is 0 Å². The average molecular weight is 280 g/mol. The number of hydrogen-bond acceptors (Lipinski definition) is 3. The Morgan fingerprint density at radius 3 is 2.45 bits per heavy atom. The predicted octanol–water partition coefficient (Wildman–Crippen LogP) is 2.68. The fourth-order valence-electron chi connectivity index (χ4n) is 5.16. The van der Waals surface area contributed by atoms with Crippen molar-refractivity contribution < 1.29 is 15.0 Å². The summed E-state index contributed by atoms with van der Waals surface area (Å²) in [6, 6.07) is 0. The number of hydrogen-bond donors (Lipinski definition) is 2. The van der Waals surface area contributed by atoms with E-state index < -0.39 is 6.10 Å². The van der Waals surface area contributed by atoms with Crippen molar-refractivity contribution >= 4 is 5.78 Å². The molecule has 0 aromatic rings. The van der Waals surface area contributed by atoms with Gasteiger partial charge in [0.2, 0.25) is 0 Å². The molecule has 2 unspecified atom stereocenters. The van der Waals surface area contributed by atoms with Gasteiger partial charge in [-0.25, -0.2) is 0 Å². The summed E-state index contributed by atoms with van der Waals surface area (Å²) in [5, 5.41) is 20.2. The summed E-state index contributed by atoms with van der Waals surface area (Å²) in [4.78, 5) is 12.1. The number of carbonyl (C=O) groups excluding carboxylic acids is 1. The molecular formula is C17H28O3. The Kier molecular flexibility index (Phi) is 3.49. The van der Waals surface area contributed by atoms with E-state index in [0.29, 0.717) is 24.0 Å². The molecule has 3 aliphatic rings. The summed E-state index contributed by atoms with van der Waals surface area (Å²) in [6.45, 7) is 4.36. The van der Waals surface area contributed by atoms with Gasteiger partial charge < -0.3 is 10.2 Å². The highest BCUT2D eigenvalue weighted by Gasteiger charge is 2.53. The minimum Gasteiger partial charge on any atom is -0.393 e. The third-order valence-electron chi connectivity index (χ3n) is 7.04. The number of rotatable bonds is 1. The number of ketones is 1. The summed E-state index contributed by atoms with van der Waals surface area (Å²) in [7, 11) is 0. The standard InChI is InChI=1S/C17H28O3/c1-16-7-5-12(9-11(16)3-4-14(16)19)17(2)8-6-13(18)10-15(17)20/h11-13,15,18,20H,3-10H2,1-2H3/t11?,12?,13-,15-,16-,17+/m0/s1. The summed E-state index contributed by atoms with van der Waals surface area (Å²) >= 11 is 0. The Labute approximate surface area is 121 Å². The van der Waals surface area contributed by atoms with Gasteiger partial charge in [0, 0.05) is 11.8 Å². The van der Waals surface area contributed by atoms with Crippen LogP contribution in [0.2, 0.25) is 0 Å². The van der Waals surface area contributed by atoms with Crippen LogP contribution in [-0.4, -0.2) is 28.2 Å². The topological polar surface area (TPSA) is 57.5 Å². The van der Waals surface area contributed by atoms with Crippen molar-refractivity contribution in [2.75, 3.05) is 0 Å². The number of carbonyl (C=O) groups is 1. The zero-order valence-corrected chi connectivity index (χ0v) is 12.8. The first-order valence-corrected chi connectivity index (χ1v) is 8.25. The van der Waals surface area contributed by atoms with E-state index in [9.17, 15) is 15.0 Å². The third kappa shape index (κ3) is 2.05. The van der Waals surface area contributed by atoms with Gasteiger partial charge in [-0.2, -0.15) is 0 Å². The smallest absolute Gasteiger partial charge is 0.139 e. The van der Waals surface area contributed by atoms with E-state index in [1.165, 1.54) is 0 Å². The van der Waals surface area contributed by atoms with E-state index in [4.69, 9.17) is 0 Å². The van der Waals surface area contributed by atoms with Crippen LogP contribution in [0.3, 0.4) is 0 Å². The first-order valence-electron chi connectivity index (χ1n) is 8.25. The second-order valence-electron chi connectivity index (χ2n) is 8.00. The van der Waals surface area contributed by atoms with E-state index in [-0.39, 0.29) is 16.9 Å². The van der Waals surface area contributed by atoms with E-state index in [1.54, 1.807) is 0 Å². The number of aliphatic hydroxyl groups excluding tert-OH is 2. The van der Waals surface area contributed by atoms with Crippen LogP contribution in [0.1, 0.15) is 65.2 Å². The van der Waals surface area contributed by atoms with Crippen LogP contribution in [0, 0.1) is 22.7 Å². The minimum atomic E-state index is -0.391. The van der Waals surface area contributed by atoms with Crippen molar-refractivity contribution in [1.29, 1.82) is 0 Å². The van der Waals surface area contributed by atoms with Gasteiger partial charge in [0.25, 0.3) is 0 Å². The molecule has 6 atom stereocenters. The minimum absolute atomic E-state index is 0.0633. The lowest BCUT2D eigenvalue weighted by Crippen LogP contribution is -2.48. The molecule has 3 heteroatoms. The molecule has 3 saturated carbocycles. The Morgan fingerprint density at radius 1 is 1.00 bits per heavy atom. The molecule has 0 saturated heterocycles. The van der Waals surface area contributed by atoms with Gasteiger partial charge in [-0.3, -0.25) is 4.79 Å². The van der Waals surface area contributed by atoms with Gasteiger partial charge in [0.1, 0.15) is 5.78 Å². The Hall–Kier alpha value is -0.410. The SMILES string of the molecule is C[C@]12CCC([C@@]3(C)CC[C@H](O)C[C@@H]3O)CC1CCC2=O. The normalized spacial score (nSPS) is 52.9. The molecule has 0 spiro atoms. The fraction of sp³-hybridized carbons (Fsp3) is 0.941. The molecule has 0 aromatic heterocycles. The molecule has 114 valence electrons. The van der Waals surface area contributed by atoms with Crippen molar-refractivity contribution in [2.45, 2.75) is 77.4 Å². The van der Waals surface area contributed by atoms with Crippen LogP contribution in [0.4, 0.5) is 0 Å². The van der Waals surface area contributed by atoms with Gasteiger partial charge in [-0.05, 0) is 62.2 Å². The maximum Gasteiger partial charge on any atom is 0.139 e. The third-order valence-corrected chi connectivity index (χ3v) is 7.04.